The smallest absolute Gasteiger partial charge is 0.253 e. The van der Waals surface area contributed by atoms with Gasteiger partial charge < -0.3 is 20.7 Å². The fraction of sp³-hybridized carbons (Fsp3) is 0.471. The minimum Gasteiger partial charge on any atom is -0.388 e. The molecule has 2 aromatic heterocycles. The summed E-state index contributed by atoms with van der Waals surface area (Å²) in [6.07, 6.45) is 1.79. The maximum atomic E-state index is 13.3. The van der Waals surface area contributed by atoms with Crippen LogP contribution in [-0.2, 0) is 11.3 Å². The highest BCUT2D eigenvalue weighted by molar-refractivity contribution is 6.36. The fourth-order valence-corrected chi connectivity index (χ4v) is 3.48. The number of nitrogens with zero attached hydrogens (tertiary/aromatic N) is 2. The molecule has 1 saturated carbocycles. The van der Waals surface area contributed by atoms with Crippen LogP contribution in [0.15, 0.2) is 18.5 Å². The minimum atomic E-state index is -2.78. The first-order chi connectivity index (χ1) is 12.6. The predicted octanol–water partition coefficient (Wildman–Crippen LogP) is 1.85. The van der Waals surface area contributed by atoms with Crippen molar-refractivity contribution in [3.63, 3.8) is 0 Å². The first-order valence-electron chi connectivity index (χ1n) is 8.40. The molecule has 0 spiro atoms. The van der Waals surface area contributed by atoms with Gasteiger partial charge in [0.1, 0.15) is 12.2 Å². The molecule has 2 heterocycles. The van der Waals surface area contributed by atoms with Crippen LogP contribution in [0.1, 0.15) is 36.0 Å². The van der Waals surface area contributed by atoms with Crippen LogP contribution < -0.4 is 11.1 Å². The molecule has 0 bridgehead atoms. The molecule has 3 rings (SSSR count). The normalized spacial score (nSPS) is 18.4. The van der Waals surface area contributed by atoms with Gasteiger partial charge in [-0.3, -0.25) is 9.59 Å². The third kappa shape index (κ3) is 4.19. The molecule has 27 heavy (non-hydrogen) atoms. The van der Waals surface area contributed by atoms with Crippen molar-refractivity contribution in [2.24, 2.45) is 5.73 Å². The van der Waals surface area contributed by atoms with Crippen LogP contribution in [0.3, 0.4) is 0 Å². The average Bonchev–Trinajstić information content (AvgIpc) is 2.96. The lowest BCUT2D eigenvalue weighted by Gasteiger charge is -2.35. The number of carbonyl (C=O) groups is 2. The number of carbonyl (C=O) groups excluding carboxylic acids is 2. The molecule has 0 aromatic carbocycles. The van der Waals surface area contributed by atoms with E-state index >= 15 is 0 Å². The average molecular weight is 401 g/mol. The van der Waals surface area contributed by atoms with Crippen LogP contribution in [0.4, 0.5) is 8.78 Å². The number of halogens is 3. The van der Waals surface area contributed by atoms with Gasteiger partial charge >= 0.3 is 0 Å². The van der Waals surface area contributed by atoms with E-state index in [2.05, 4.69) is 10.3 Å². The van der Waals surface area contributed by atoms with E-state index in [1.54, 1.807) is 0 Å². The predicted molar refractivity (Wildman–Crippen MR) is 94.6 cm³/mol. The number of alkyl halides is 2. The summed E-state index contributed by atoms with van der Waals surface area (Å²) in [5, 5.41) is 13.6. The van der Waals surface area contributed by atoms with Crippen LogP contribution in [-0.4, -0.2) is 44.5 Å². The molecule has 0 aliphatic heterocycles. The molecule has 146 valence electrons. The van der Waals surface area contributed by atoms with E-state index in [1.807, 2.05) is 0 Å². The summed E-state index contributed by atoms with van der Waals surface area (Å²) >= 11 is 6.18. The molecule has 0 saturated heterocycles. The van der Waals surface area contributed by atoms with E-state index in [9.17, 15) is 23.5 Å². The highest BCUT2D eigenvalue weighted by Crippen LogP contribution is 2.38. The largest absolute Gasteiger partial charge is 0.388 e. The minimum absolute atomic E-state index is 0.105. The first kappa shape index (κ1) is 19.5. The Balaban J connectivity index is 1.81. The topological polar surface area (TPSA) is 110 Å². The maximum Gasteiger partial charge on any atom is 0.253 e. The molecule has 2 amide bonds. The van der Waals surface area contributed by atoms with E-state index in [0.717, 1.165) is 0 Å². The maximum absolute atomic E-state index is 13.3. The van der Waals surface area contributed by atoms with Gasteiger partial charge in [-0.15, -0.1) is 0 Å². The van der Waals surface area contributed by atoms with Crippen molar-refractivity contribution >= 4 is 34.4 Å². The number of amides is 2. The number of aliphatic hydroxyl groups is 1. The second-order valence-corrected chi connectivity index (χ2v) is 7.30. The van der Waals surface area contributed by atoms with Gasteiger partial charge in [0.05, 0.1) is 21.6 Å². The number of nitrogens with two attached hydrogens (primary N) is 1. The van der Waals surface area contributed by atoms with Crippen LogP contribution in [0.2, 0.25) is 5.02 Å². The Labute approximate surface area is 158 Å². The number of fused-ring (bicyclic) bond motifs is 1. The Hall–Kier alpha value is -2.26. The standard InChI is InChI=1S/C17H19ClF2N4O3/c18-11-1-6-22-14-13(11)10(7-24(14)8-12(21)25)15(26)23-9-16(27)2-4-17(19,20)5-3-16/h1,6-7,27H,2-5,8-9H2,(H2,21,25)(H,23,26). The van der Waals surface area contributed by atoms with Gasteiger partial charge in [0, 0.05) is 31.8 Å². The SMILES string of the molecule is NC(=O)Cn1cc(C(=O)NCC2(O)CCC(F)(F)CC2)c2c(Cl)ccnc21. The Morgan fingerprint density at radius 1 is 1.33 bits per heavy atom. The third-order valence-electron chi connectivity index (χ3n) is 4.77. The second kappa shape index (κ2) is 7.05. The molecular formula is C17H19ClF2N4O3. The highest BCUT2D eigenvalue weighted by Gasteiger charge is 2.42. The number of hydrogen-bond donors (Lipinski definition) is 3. The lowest BCUT2D eigenvalue weighted by Crippen LogP contribution is -2.47. The second-order valence-electron chi connectivity index (χ2n) is 6.89. The number of pyridine rings is 1. The van der Waals surface area contributed by atoms with Crippen LogP contribution >= 0.6 is 11.6 Å². The zero-order chi connectivity index (χ0) is 19.8. The number of hydrogen-bond acceptors (Lipinski definition) is 4. The molecule has 1 aliphatic rings. The summed E-state index contributed by atoms with van der Waals surface area (Å²) in [5.74, 6) is -3.94. The van der Waals surface area contributed by atoms with Gasteiger partial charge in [-0.25, -0.2) is 13.8 Å². The molecule has 1 aliphatic carbocycles. The van der Waals surface area contributed by atoms with E-state index in [0.29, 0.717) is 11.0 Å². The molecular weight excluding hydrogens is 382 g/mol. The third-order valence-corrected chi connectivity index (χ3v) is 5.08. The van der Waals surface area contributed by atoms with Crippen LogP contribution in [0.25, 0.3) is 11.0 Å². The highest BCUT2D eigenvalue weighted by atomic mass is 35.5. The fourth-order valence-electron chi connectivity index (χ4n) is 3.23. The monoisotopic (exact) mass is 400 g/mol. The van der Waals surface area contributed by atoms with Gasteiger partial charge in [-0.2, -0.15) is 0 Å². The van der Waals surface area contributed by atoms with E-state index < -0.39 is 36.2 Å². The first-order valence-corrected chi connectivity index (χ1v) is 8.78. The summed E-state index contributed by atoms with van der Waals surface area (Å²) < 4.78 is 28.0. The molecule has 10 heteroatoms. The van der Waals surface area contributed by atoms with Crippen molar-refractivity contribution in [2.75, 3.05) is 6.54 Å². The van der Waals surface area contributed by atoms with E-state index in [4.69, 9.17) is 17.3 Å². The molecule has 2 aromatic rings. The number of aromatic nitrogens is 2. The Bertz CT molecular complexity index is 890. The Morgan fingerprint density at radius 3 is 2.63 bits per heavy atom. The van der Waals surface area contributed by atoms with Gasteiger partial charge in [-0.1, -0.05) is 11.6 Å². The number of primary amides is 1. The van der Waals surface area contributed by atoms with Crippen molar-refractivity contribution in [3.05, 3.63) is 29.0 Å². The molecule has 7 nitrogen and oxygen atoms in total. The molecule has 0 unspecified atom stereocenters. The zero-order valence-electron chi connectivity index (χ0n) is 14.3. The van der Waals surface area contributed by atoms with Gasteiger partial charge in [0.2, 0.25) is 11.8 Å². The van der Waals surface area contributed by atoms with Crippen molar-refractivity contribution in [1.29, 1.82) is 0 Å². The molecule has 4 N–H and O–H groups in total. The van der Waals surface area contributed by atoms with E-state index in [1.165, 1.54) is 23.0 Å². The quantitative estimate of drug-likeness (QED) is 0.711. The Kier molecular flexibility index (Phi) is 5.09. The lowest BCUT2D eigenvalue weighted by atomic mass is 9.82. The van der Waals surface area contributed by atoms with Crippen LogP contribution in [0.5, 0.6) is 0 Å². The number of rotatable bonds is 5. The molecule has 0 radical (unpaired) electrons. The summed E-state index contributed by atoms with van der Waals surface area (Å²) in [7, 11) is 0. The zero-order valence-corrected chi connectivity index (χ0v) is 15.1. The van der Waals surface area contributed by atoms with Crippen LogP contribution in [0, 0.1) is 0 Å². The summed E-state index contributed by atoms with van der Waals surface area (Å²) in [4.78, 5) is 28.0. The van der Waals surface area contributed by atoms with Crippen molar-refractivity contribution < 1.29 is 23.5 Å². The summed E-state index contributed by atoms with van der Waals surface area (Å²) in [5.41, 5.74) is 4.32. The summed E-state index contributed by atoms with van der Waals surface area (Å²) in [6.45, 7) is -0.349. The van der Waals surface area contributed by atoms with Gasteiger partial charge in [0.15, 0.2) is 0 Å². The van der Waals surface area contributed by atoms with Gasteiger partial charge in [-0.05, 0) is 18.9 Å². The van der Waals surface area contributed by atoms with E-state index in [-0.39, 0.29) is 36.5 Å². The molecule has 1 fully saturated rings. The van der Waals surface area contributed by atoms with Gasteiger partial charge in [0.25, 0.3) is 5.91 Å². The van der Waals surface area contributed by atoms with Crippen molar-refractivity contribution in [1.82, 2.24) is 14.9 Å². The Morgan fingerprint density at radius 2 is 2.00 bits per heavy atom. The number of nitrogens with one attached hydrogen (secondary N) is 1. The van der Waals surface area contributed by atoms with Crippen molar-refractivity contribution in [2.45, 2.75) is 43.8 Å². The van der Waals surface area contributed by atoms with Crippen molar-refractivity contribution in [3.8, 4) is 0 Å². The molecule has 0 atom stereocenters. The summed E-state index contributed by atoms with van der Waals surface area (Å²) in [6, 6.07) is 1.51. The lowest BCUT2D eigenvalue weighted by molar-refractivity contribution is -0.118.